The molecule has 1 N–H and O–H groups in total. The molecule has 4 aromatic rings. The molecule has 1 saturated heterocycles. The molecular formula is C31H33N7O3. The lowest BCUT2D eigenvalue weighted by Crippen LogP contribution is -2.57. The number of piperazine rings is 1. The Balaban J connectivity index is 1.15. The summed E-state index contributed by atoms with van der Waals surface area (Å²) in [5.74, 6) is 0.125. The highest BCUT2D eigenvalue weighted by molar-refractivity contribution is 6.47. The number of hydrogen-bond acceptors (Lipinski definition) is 8. The van der Waals surface area contributed by atoms with Crippen molar-refractivity contribution in [2.75, 3.05) is 60.4 Å². The molecule has 2 aromatic carbocycles. The van der Waals surface area contributed by atoms with Crippen LogP contribution in [-0.4, -0.2) is 72.6 Å². The Morgan fingerprint density at radius 1 is 1.02 bits per heavy atom. The molecule has 1 amide bonds. The molecule has 2 aliphatic rings. The zero-order valence-electron chi connectivity index (χ0n) is 23.7. The zero-order chi connectivity index (χ0) is 28.7. The average Bonchev–Trinajstić information content (AvgIpc) is 3.30. The highest BCUT2D eigenvalue weighted by Crippen LogP contribution is 2.38. The van der Waals surface area contributed by atoms with Gasteiger partial charge in [-0.3, -0.25) is 9.59 Å². The van der Waals surface area contributed by atoms with E-state index in [0.29, 0.717) is 29.7 Å². The number of rotatable bonds is 6. The summed E-state index contributed by atoms with van der Waals surface area (Å²) in [5.41, 5.74) is 5.34. The Kier molecular flexibility index (Phi) is 6.82. The van der Waals surface area contributed by atoms with Crippen molar-refractivity contribution in [3.63, 3.8) is 0 Å². The first kappa shape index (κ1) is 26.4. The number of benzene rings is 2. The van der Waals surface area contributed by atoms with Gasteiger partial charge in [-0.15, -0.1) is 0 Å². The minimum atomic E-state index is -0.689. The average molecular weight is 552 g/mol. The van der Waals surface area contributed by atoms with Gasteiger partial charge < -0.3 is 29.3 Å². The van der Waals surface area contributed by atoms with Crippen LogP contribution in [0.3, 0.4) is 0 Å². The molecule has 10 nitrogen and oxygen atoms in total. The third-order valence-corrected chi connectivity index (χ3v) is 7.84. The third kappa shape index (κ3) is 4.97. The fourth-order valence-corrected chi connectivity index (χ4v) is 5.48. The molecule has 210 valence electrons. The molecule has 4 heterocycles. The molecule has 1 atom stereocenters. The van der Waals surface area contributed by atoms with E-state index in [-0.39, 0.29) is 6.04 Å². The Morgan fingerprint density at radius 3 is 2.51 bits per heavy atom. The number of carbonyl (C=O) groups is 2. The van der Waals surface area contributed by atoms with Crippen LogP contribution < -0.4 is 24.8 Å². The van der Waals surface area contributed by atoms with Gasteiger partial charge in [-0.2, -0.15) is 0 Å². The van der Waals surface area contributed by atoms with Crippen LogP contribution in [-0.2, 0) is 11.8 Å². The number of nitrogens with zero attached hydrogens (tertiary/aromatic N) is 6. The van der Waals surface area contributed by atoms with Crippen molar-refractivity contribution >= 4 is 34.7 Å². The first-order valence-corrected chi connectivity index (χ1v) is 13.7. The summed E-state index contributed by atoms with van der Waals surface area (Å²) in [4.78, 5) is 42.1. The van der Waals surface area contributed by atoms with Gasteiger partial charge in [-0.1, -0.05) is 30.3 Å². The normalized spacial score (nSPS) is 16.0. The second-order valence-corrected chi connectivity index (χ2v) is 10.7. The van der Waals surface area contributed by atoms with Crippen molar-refractivity contribution in [2.24, 2.45) is 7.05 Å². The molecule has 0 bridgehead atoms. The molecule has 2 aliphatic heterocycles. The number of ether oxygens (including phenoxy) is 1. The van der Waals surface area contributed by atoms with Crippen LogP contribution in [0.2, 0.25) is 0 Å². The third-order valence-electron chi connectivity index (χ3n) is 7.84. The fraction of sp³-hybridized carbons (Fsp3) is 0.290. The van der Waals surface area contributed by atoms with Gasteiger partial charge in [0.2, 0.25) is 5.95 Å². The van der Waals surface area contributed by atoms with Gasteiger partial charge in [-0.25, -0.2) is 9.97 Å². The number of fused-ring (bicyclic) bond motifs is 3. The highest BCUT2D eigenvalue weighted by Gasteiger charge is 2.34. The zero-order valence-corrected chi connectivity index (χ0v) is 23.7. The first-order valence-electron chi connectivity index (χ1n) is 13.7. The minimum absolute atomic E-state index is 0.146. The van der Waals surface area contributed by atoms with Gasteiger partial charge in [0.25, 0.3) is 11.7 Å². The van der Waals surface area contributed by atoms with Gasteiger partial charge in [0.15, 0.2) is 0 Å². The number of amides is 1. The Bertz CT molecular complexity index is 1600. The van der Waals surface area contributed by atoms with E-state index in [4.69, 9.17) is 4.74 Å². The number of anilines is 4. The quantitative estimate of drug-likeness (QED) is 0.286. The SMILES string of the molecule is Cc1cc(-c2ccccc2)c(C(=O)C(=O)Nc2ccc3c(c2)OC[C@H]2CN(c4ncc(N(C)C)cn4)CCN32)n1C. The number of nitrogens with one attached hydrogen (secondary N) is 1. The van der Waals surface area contributed by atoms with E-state index >= 15 is 0 Å². The van der Waals surface area contributed by atoms with E-state index in [1.54, 1.807) is 17.7 Å². The number of carbonyl (C=O) groups excluding carboxylic acids is 2. The predicted molar refractivity (Wildman–Crippen MR) is 160 cm³/mol. The van der Waals surface area contributed by atoms with Crippen molar-refractivity contribution in [3.8, 4) is 16.9 Å². The van der Waals surface area contributed by atoms with Crippen molar-refractivity contribution in [2.45, 2.75) is 13.0 Å². The molecule has 0 unspecified atom stereocenters. The summed E-state index contributed by atoms with van der Waals surface area (Å²) in [5, 5.41) is 2.79. The number of aryl methyl sites for hydroxylation is 1. The Morgan fingerprint density at radius 2 is 1.78 bits per heavy atom. The summed E-state index contributed by atoms with van der Waals surface area (Å²) in [6, 6.07) is 17.3. The van der Waals surface area contributed by atoms with Crippen LogP contribution in [0.1, 0.15) is 16.2 Å². The monoisotopic (exact) mass is 551 g/mol. The number of hydrogen-bond donors (Lipinski definition) is 1. The molecule has 41 heavy (non-hydrogen) atoms. The number of Topliss-reactive ketones (excluding diaryl/α,β-unsaturated/α-hetero) is 1. The van der Waals surface area contributed by atoms with Crippen LogP contribution in [0.15, 0.2) is 67.0 Å². The maximum Gasteiger partial charge on any atom is 0.298 e. The van der Waals surface area contributed by atoms with Gasteiger partial charge in [0.1, 0.15) is 18.1 Å². The summed E-state index contributed by atoms with van der Waals surface area (Å²) < 4.78 is 7.90. The second-order valence-electron chi connectivity index (χ2n) is 10.7. The Labute approximate surface area is 239 Å². The molecule has 2 aromatic heterocycles. The molecule has 0 saturated carbocycles. The molecule has 0 aliphatic carbocycles. The number of aromatic nitrogens is 3. The smallest absolute Gasteiger partial charge is 0.298 e. The highest BCUT2D eigenvalue weighted by atomic mass is 16.5. The van der Waals surface area contributed by atoms with Crippen molar-refractivity contribution in [3.05, 3.63) is 78.4 Å². The van der Waals surface area contributed by atoms with E-state index in [9.17, 15) is 9.59 Å². The van der Waals surface area contributed by atoms with Crippen LogP contribution in [0.5, 0.6) is 5.75 Å². The minimum Gasteiger partial charge on any atom is -0.489 e. The van der Waals surface area contributed by atoms with E-state index in [1.807, 2.05) is 86.8 Å². The molecule has 0 radical (unpaired) electrons. The summed E-state index contributed by atoms with van der Waals surface area (Å²) >= 11 is 0. The van der Waals surface area contributed by atoms with E-state index in [1.165, 1.54) is 0 Å². The number of ketones is 1. The maximum absolute atomic E-state index is 13.4. The lowest BCUT2D eigenvalue weighted by atomic mass is 10.0. The van der Waals surface area contributed by atoms with Gasteiger partial charge in [0, 0.05) is 63.8 Å². The van der Waals surface area contributed by atoms with Crippen molar-refractivity contribution < 1.29 is 14.3 Å². The molecule has 1 fully saturated rings. The van der Waals surface area contributed by atoms with E-state index < -0.39 is 11.7 Å². The van der Waals surface area contributed by atoms with Gasteiger partial charge >= 0.3 is 0 Å². The molecule has 6 rings (SSSR count). The lowest BCUT2D eigenvalue weighted by Gasteiger charge is -2.45. The Hall–Kier alpha value is -4.86. The second kappa shape index (κ2) is 10.6. The molecule has 0 spiro atoms. The van der Waals surface area contributed by atoms with Crippen LogP contribution in [0.4, 0.5) is 23.0 Å². The molecule has 10 heteroatoms. The molecular weight excluding hydrogens is 518 g/mol. The maximum atomic E-state index is 13.4. The predicted octanol–water partition coefficient (Wildman–Crippen LogP) is 3.77. The lowest BCUT2D eigenvalue weighted by molar-refractivity contribution is -0.112. The van der Waals surface area contributed by atoms with E-state index in [2.05, 4.69) is 25.1 Å². The largest absolute Gasteiger partial charge is 0.489 e. The van der Waals surface area contributed by atoms with Crippen molar-refractivity contribution in [1.82, 2.24) is 14.5 Å². The summed E-state index contributed by atoms with van der Waals surface area (Å²) in [6.07, 6.45) is 3.67. The fourth-order valence-electron chi connectivity index (χ4n) is 5.48. The standard InChI is InChI=1S/C31H33N7O3/c1-20-14-25(21-8-6-5-7-9-21)28(36(20)4)29(39)30(40)34-22-10-11-26-27(15-22)41-19-24-18-37(12-13-38(24)26)31-32-16-23(17-33-31)35(2)3/h5-11,14-17,24H,12-13,18-19H2,1-4H3,(H,34,40)/t24-/m1/s1. The van der Waals surface area contributed by atoms with Crippen LogP contribution >= 0.6 is 0 Å². The van der Waals surface area contributed by atoms with Gasteiger partial charge in [0.05, 0.1) is 29.8 Å². The summed E-state index contributed by atoms with van der Waals surface area (Å²) in [7, 11) is 5.74. The summed E-state index contributed by atoms with van der Waals surface area (Å²) in [6.45, 7) is 4.73. The van der Waals surface area contributed by atoms with Gasteiger partial charge in [-0.05, 0) is 30.7 Å². The van der Waals surface area contributed by atoms with Crippen molar-refractivity contribution in [1.29, 1.82) is 0 Å². The van der Waals surface area contributed by atoms with Crippen LogP contribution in [0.25, 0.3) is 11.1 Å². The van der Waals surface area contributed by atoms with Crippen LogP contribution in [0, 0.1) is 6.92 Å². The topological polar surface area (TPSA) is 95.8 Å². The van der Waals surface area contributed by atoms with E-state index in [0.717, 1.165) is 47.8 Å². The first-order chi connectivity index (χ1) is 19.8.